The Hall–Kier alpha value is -2.76. The van der Waals surface area contributed by atoms with Gasteiger partial charge in [0.2, 0.25) is 0 Å². The largest absolute Gasteiger partial charge is 0.534 e. The average Bonchev–Trinajstić information content (AvgIpc) is 3.08. The highest BCUT2D eigenvalue weighted by molar-refractivity contribution is 7.88. The minimum Gasteiger partial charge on any atom is -0.496 e. The number of hydrogen-bond donors (Lipinski definition) is 0. The lowest BCUT2D eigenvalue weighted by Crippen LogP contribution is -2.29. The van der Waals surface area contributed by atoms with E-state index in [1.165, 1.54) is 14.2 Å². The van der Waals surface area contributed by atoms with Gasteiger partial charge in [0.25, 0.3) is 0 Å². The number of fused-ring (bicyclic) bond motifs is 1. The van der Waals surface area contributed by atoms with Crippen molar-refractivity contribution in [2.45, 2.75) is 45.7 Å². The van der Waals surface area contributed by atoms with Crippen LogP contribution >= 0.6 is 0 Å². The van der Waals surface area contributed by atoms with Crippen LogP contribution in [0, 0.1) is 12.8 Å². The number of rotatable bonds is 8. The third-order valence-corrected chi connectivity index (χ3v) is 5.94. The van der Waals surface area contributed by atoms with Crippen molar-refractivity contribution < 1.29 is 49.6 Å². The highest BCUT2D eigenvalue weighted by atomic mass is 32.2. The van der Waals surface area contributed by atoms with Gasteiger partial charge in [0, 0.05) is 11.1 Å². The number of halogens is 3. The zero-order valence-corrected chi connectivity index (χ0v) is 18.9. The Morgan fingerprint density at radius 2 is 1.88 bits per heavy atom. The number of esters is 2. The first-order valence-corrected chi connectivity index (χ1v) is 10.8. The maximum absolute atomic E-state index is 13.0. The molecular formula is C20H23F3O8S. The predicted octanol–water partition coefficient (Wildman–Crippen LogP) is 3.59. The van der Waals surface area contributed by atoms with E-state index in [-0.39, 0.29) is 41.9 Å². The first-order chi connectivity index (χ1) is 14.7. The number of benzene rings is 1. The van der Waals surface area contributed by atoms with Crippen molar-refractivity contribution in [2.75, 3.05) is 14.2 Å². The third-order valence-electron chi connectivity index (χ3n) is 4.99. The molecule has 1 aromatic carbocycles. The van der Waals surface area contributed by atoms with Gasteiger partial charge in [-0.1, -0.05) is 18.6 Å². The van der Waals surface area contributed by atoms with Gasteiger partial charge in [-0.2, -0.15) is 21.6 Å². The van der Waals surface area contributed by atoms with E-state index in [0.29, 0.717) is 11.1 Å². The number of methoxy groups -OCH3 is 2. The van der Waals surface area contributed by atoms with Crippen molar-refractivity contribution in [3.05, 3.63) is 33.9 Å². The molecule has 12 heteroatoms. The summed E-state index contributed by atoms with van der Waals surface area (Å²) in [4.78, 5) is 23.9. The number of alkyl halides is 3. The van der Waals surface area contributed by atoms with Crippen molar-refractivity contribution in [2.24, 2.45) is 5.92 Å². The van der Waals surface area contributed by atoms with Crippen LogP contribution in [0.4, 0.5) is 13.2 Å². The molecule has 0 fully saturated rings. The topological polar surface area (TPSA) is 105 Å². The summed E-state index contributed by atoms with van der Waals surface area (Å²) in [5, 5.41) is 0. The molecule has 0 saturated heterocycles. The van der Waals surface area contributed by atoms with Gasteiger partial charge >= 0.3 is 27.6 Å². The number of carbonyl (C=O) groups is 2. The van der Waals surface area contributed by atoms with Crippen LogP contribution in [0.25, 0.3) is 0 Å². The summed E-state index contributed by atoms with van der Waals surface area (Å²) in [6, 6.07) is 0. The van der Waals surface area contributed by atoms with Crippen LogP contribution in [0.3, 0.4) is 0 Å². The van der Waals surface area contributed by atoms with Crippen molar-refractivity contribution in [1.82, 2.24) is 0 Å². The summed E-state index contributed by atoms with van der Waals surface area (Å²) in [6.07, 6.45) is 1.74. The molecule has 32 heavy (non-hydrogen) atoms. The standard InChI is InChI=1S/C20H23F3O8S/c1-10(8-11(2)18(24)29-5)6-7-13-16(28-4)12(3)14-9-30-19(25)15(14)17(13)31-32(26,27)20(21,22)23/h6,11H,7-9H2,1-5H3/t11-/m1/s1. The number of hydrogen-bond acceptors (Lipinski definition) is 8. The normalized spacial score (nSPS) is 15.1. The van der Waals surface area contributed by atoms with Gasteiger partial charge in [-0.25, -0.2) is 4.79 Å². The van der Waals surface area contributed by atoms with Gasteiger partial charge in [-0.05, 0) is 32.3 Å². The van der Waals surface area contributed by atoms with E-state index >= 15 is 0 Å². The average molecular weight is 480 g/mol. The van der Waals surface area contributed by atoms with E-state index in [1.54, 1.807) is 26.8 Å². The predicted molar refractivity (Wildman–Crippen MR) is 106 cm³/mol. The zero-order valence-electron chi connectivity index (χ0n) is 18.1. The number of carbonyl (C=O) groups excluding carboxylic acids is 2. The fraction of sp³-hybridized carbons (Fsp3) is 0.500. The molecule has 178 valence electrons. The van der Waals surface area contributed by atoms with E-state index < -0.39 is 39.2 Å². The Kier molecular flexibility index (Phi) is 7.48. The van der Waals surface area contributed by atoms with Gasteiger partial charge < -0.3 is 18.4 Å². The first kappa shape index (κ1) is 25.5. The minimum absolute atomic E-state index is 0.0690. The fourth-order valence-corrected chi connectivity index (χ4v) is 3.88. The molecule has 0 saturated carbocycles. The lowest BCUT2D eigenvalue weighted by Gasteiger charge is -2.19. The molecule has 1 aliphatic heterocycles. The molecule has 2 rings (SSSR count). The van der Waals surface area contributed by atoms with Gasteiger partial charge in [-0.3, -0.25) is 4.79 Å². The van der Waals surface area contributed by atoms with E-state index in [1.807, 2.05) is 0 Å². The molecule has 1 aromatic rings. The molecular weight excluding hydrogens is 457 g/mol. The molecule has 0 aromatic heterocycles. The molecule has 0 amide bonds. The Morgan fingerprint density at radius 1 is 1.25 bits per heavy atom. The molecule has 1 aliphatic rings. The number of allylic oxidation sites excluding steroid dienone is 2. The van der Waals surface area contributed by atoms with Crippen LogP contribution < -0.4 is 8.92 Å². The minimum atomic E-state index is -6.07. The van der Waals surface area contributed by atoms with Crippen molar-refractivity contribution in [3.63, 3.8) is 0 Å². The summed E-state index contributed by atoms with van der Waals surface area (Å²) in [7, 11) is -3.57. The van der Waals surface area contributed by atoms with E-state index in [9.17, 15) is 31.2 Å². The van der Waals surface area contributed by atoms with Crippen LogP contribution in [-0.2, 0) is 37.4 Å². The second-order valence-electron chi connectivity index (χ2n) is 7.26. The zero-order chi connectivity index (χ0) is 24.4. The SMILES string of the molecule is COC(=O)[C@H](C)CC(C)=CCc1c(OC)c(C)c2c(c1OS(=O)(=O)C(F)(F)F)C(=O)OC2. The molecule has 0 aliphatic carbocycles. The van der Waals surface area contributed by atoms with Gasteiger partial charge in [0.15, 0.2) is 5.75 Å². The van der Waals surface area contributed by atoms with Crippen LogP contribution in [0.5, 0.6) is 11.5 Å². The lowest BCUT2D eigenvalue weighted by atomic mass is 9.94. The third kappa shape index (κ3) is 5.00. The van der Waals surface area contributed by atoms with Crippen LogP contribution in [0.1, 0.15) is 47.3 Å². The molecule has 0 N–H and O–H groups in total. The second-order valence-corrected chi connectivity index (χ2v) is 8.80. The Labute approximate surface area is 183 Å². The highest BCUT2D eigenvalue weighted by Crippen LogP contribution is 2.44. The Balaban J connectivity index is 2.62. The molecule has 1 atom stereocenters. The van der Waals surface area contributed by atoms with Gasteiger partial charge in [-0.15, -0.1) is 0 Å². The number of cyclic esters (lactones) is 1. The smallest absolute Gasteiger partial charge is 0.496 e. The Bertz CT molecular complexity index is 1060. The van der Waals surface area contributed by atoms with Gasteiger partial charge in [0.1, 0.15) is 17.9 Å². The summed E-state index contributed by atoms with van der Waals surface area (Å²) < 4.78 is 81.9. The van der Waals surface area contributed by atoms with E-state index in [2.05, 4.69) is 8.92 Å². The first-order valence-electron chi connectivity index (χ1n) is 9.38. The molecule has 0 bridgehead atoms. The number of ether oxygens (including phenoxy) is 3. The van der Waals surface area contributed by atoms with Crippen molar-refractivity contribution in [1.29, 1.82) is 0 Å². The fourth-order valence-electron chi connectivity index (χ4n) is 3.39. The van der Waals surface area contributed by atoms with Gasteiger partial charge in [0.05, 0.1) is 20.1 Å². The molecule has 0 radical (unpaired) electrons. The molecule has 1 heterocycles. The second kappa shape index (κ2) is 9.39. The lowest BCUT2D eigenvalue weighted by molar-refractivity contribution is -0.144. The van der Waals surface area contributed by atoms with Crippen molar-refractivity contribution in [3.8, 4) is 11.5 Å². The molecule has 8 nitrogen and oxygen atoms in total. The maximum atomic E-state index is 13.0. The highest BCUT2D eigenvalue weighted by Gasteiger charge is 2.50. The summed E-state index contributed by atoms with van der Waals surface area (Å²) >= 11 is 0. The van der Waals surface area contributed by atoms with Crippen LogP contribution in [0.15, 0.2) is 11.6 Å². The van der Waals surface area contributed by atoms with Crippen LogP contribution in [0.2, 0.25) is 0 Å². The molecule has 0 spiro atoms. The summed E-state index contributed by atoms with van der Waals surface area (Å²) in [5.74, 6) is -2.63. The summed E-state index contributed by atoms with van der Waals surface area (Å²) in [6.45, 7) is 4.64. The monoisotopic (exact) mass is 480 g/mol. The maximum Gasteiger partial charge on any atom is 0.534 e. The quantitative estimate of drug-likeness (QED) is 0.241. The summed E-state index contributed by atoms with van der Waals surface area (Å²) in [5.41, 5.74) is -4.90. The molecule has 0 unspecified atom stereocenters. The van der Waals surface area contributed by atoms with E-state index in [4.69, 9.17) is 9.47 Å². The Morgan fingerprint density at radius 3 is 2.41 bits per heavy atom. The van der Waals surface area contributed by atoms with Crippen LogP contribution in [-0.4, -0.2) is 40.1 Å². The van der Waals surface area contributed by atoms with E-state index in [0.717, 1.165) is 0 Å². The van der Waals surface area contributed by atoms with Crippen molar-refractivity contribution >= 4 is 22.1 Å².